The average Bonchev–Trinajstić information content (AvgIpc) is 2.63. The van der Waals surface area contributed by atoms with Crippen LogP contribution in [0.5, 0.6) is 0 Å². The maximum absolute atomic E-state index is 11.1. The third-order valence-electron chi connectivity index (χ3n) is 3.77. The Kier molecular flexibility index (Phi) is 2.56. The zero-order chi connectivity index (χ0) is 9.26. The highest BCUT2D eigenvalue weighted by atomic mass is 16.5. The van der Waals surface area contributed by atoms with Gasteiger partial charge in [0.25, 0.3) is 0 Å². The first-order chi connectivity index (χ1) is 6.29. The number of rotatable bonds is 2. The van der Waals surface area contributed by atoms with Crippen molar-refractivity contribution in [2.75, 3.05) is 7.11 Å². The van der Waals surface area contributed by atoms with Gasteiger partial charge in [0.05, 0.1) is 7.11 Å². The van der Waals surface area contributed by atoms with E-state index in [1.165, 1.54) is 39.2 Å². The van der Waals surface area contributed by atoms with Gasteiger partial charge in [0, 0.05) is 6.42 Å². The van der Waals surface area contributed by atoms with E-state index in [0.29, 0.717) is 12.3 Å². The minimum Gasteiger partial charge on any atom is -0.469 e. The van der Waals surface area contributed by atoms with Crippen molar-refractivity contribution in [2.24, 2.45) is 17.8 Å². The van der Waals surface area contributed by atoms with Crippen LogP contribution < -0.4 is 0 Å². The fourth-order valence-corrected chi connectivity index (χ4v) is 3.17. The molecule has 0 saturated heterocycles. The van der Waals surface area contributed by atoms with Gasteiger partial charge in [-0.15, -0.1) is 0 Å². The molecule has 0 aromatic carbocycles. The van der Waals surface area contributed by atoms with Crippen LogP contribution in [-0.4, -0.2) is 13.1 Å². The zero-order valence-corrected chi connectivity index (χ0v) is 8.29. The Bertz CT molecular complexity index is 188. The summed E-state index contributed by atoms with van der Waals surface area (Å²) < 4.78 is 4.70. The van der Waals surface area contributed by atoms with E-state index in [2.05, 4.69) is 0 Å². The van der Waals surface area contributed by atoms with Gasteiger partial charge in [-0.3, -0.25) is 4.79 Å². The Labute approximate surface area is 79.7 Å². The van der Waals surface area contributed by atoms with Crippen molar-refractivity contribution in [1.29, 1.82) is 0 Å². The largest absolute Gasteiger partial charge is 0.469 e. The Morgan fingerprint density at radius 1 is 1.31 bits per heavy atom. The molecule has 3 atom stereocenters. The van der Waals surface area contributed by atoms with E-state index >= 15 is 0 Å². The van der Waals surface area contributed by atoms with Crippen molar-refractivity contribution in [3.8, 4) is 0 Å². The highest BCUT2D eigenvalue weighted by Crippen LogP contribution is 2.47. The van der Waals surface area contributed by atoms with Gasteiger partial charge in [-0.1, -0.05) is 19.3 Å². The van der Waals surface area contributed by atoms with E-state index in [9.17, 15) is 4.79 Å². The van der Waals surface area contributed by atoms with Gasteiger partial charge in [0.2, 0.25) is 0 Å². The number of carbonyl (C=O) groups is 1. The van der Waals surface area contributed by atoms with Crippen molar-refractivity contribution in [2.45, 2.75) is 38.5 Å². The molecule has 0 spiro atoms. The first-order valence-corrected chi connectivity index (χ1v) is 5.36. The molecule has 0 amide bonds. The lowest BCUT2D eigenvalue weighted by molar-refractivity contribution is -0.141. The molecule has 2 saturated carbocycles. The van der Waals surface area contributed by atoms with Crippen LogP contribution in [0.15, 0.2) is 0 Å². The van der Waals surface area contributed by atoms with Crippen LogP contribution in [-0.2, 0) is 9.53 Å². The summed E-state index contributed by atoms with van der Waals surface area (Å²) in [5.74, 6) is 2.48. The number of fused-ring (bicyclic) bond motifs is 1. The summed E-state index contributed by atoms with van der Waals surface area (Å²) in [5, 5.41) is 0. The molecule has 2 aliphatic rings. The summed E-state index contributed by atoms with van der Waals surface area (Å²) in [6.07, 6.45) is 7.44. The average molecular weight is 182 g/mol. The molecule has 0 aliphatic heterocycles. The number of hydrogen-bond donors (Lipinski definition) is 0. The lowest BCUT2D eigenvalue weighted by Gasteiger charge is -2.08. The Morgan fingerprint density at radius 3 is 2.46 bits per heavy atom. The normalized spacial score (nSPS) is 37.5. The number of ether oxygens (including phenoxy) is 1. The van der Waals surface area contributed by atoms with Crippen LogP contribution in [0.2, 0.25) is 0 Å². The molecule has 2 fully saturated rings. The van der Waals surface area contributed by atoms with Crippen molar-refractivity contribution >= 4 is 5.97 Å². The Balaban J connectivity index is 1.82. The fraction of sp³-hybridized carbons (Fsp3) is 0.909. The third kappa shape index (κ3) is 1.87. The molecule has 0 bridgehead atoms. The lowest BCUT2D eigenvalue weighted by atomic mass is 10.0. The van der Waals surface area contributed by atoms with E-state index in [1.807, 2.05) is 0 Å². The predicted molar refractivity (Wildman–Crippen MR) is 50.2 cm³/mol. The van der Waals surface area contributed by atoms with Crippen molar-refractivity contribution in [3.63, 3.8) is 0 Å². The molecule has 0 heterocycles. The highest BCUT2D eigenvalue weighted by molar-refractivity contribution is 5.69. The standard InChI is InChI=1S/C11H18O2/c1-13-11(12)7-8-5-9-3-2-4-10(9)6-8/h8-10H,2-7H2,1H3/t8-,9+,10?/m0/s1. The minimum absolute atomic E-state index is 0.0232. The van der Waals surface area contributed by atoms with E-state index in [4.69, 9.17) is 4.74 Å². The van der Waals surface area contributed by atoms with Crippen molar-refractivity contribution in [1.82, 2.24) is 0 Å². The molecule has 2 heteroatoms. The first-order valence-electron chi connectivity index (χ1n) is 5.36. The molecule has 1 unspecified atom stereocenters. The second-order valence-corrected chi connectivity index (χ2v) is 4.57. The van der Waals surface area contributed by atoms with E-state index in [-0.39, 0.29) is 5.97 Å². The highest BCUT2D eigenvalue weighted by Gasteiger charge is 2.37. The maximum Gasteiger partial charge on any atom is 0.305 e. The molecule has 2 aliphatic carbocycles. The SMILES string of the molecule is COC(=O)C[C@@H]1CC2CCC[C@@H]2C1. The van der Waals surface area contributed by atoms with Crippen LogP contribution in [0.25, 0.3) is 0 Å². The third-order valence-corrected chi connectivity index (χ3v) is 3.77. The summed E-state index contributed by atoms with van der Waals surface area (Å²) in [4.78, 5) is 11.1. The van der Waals surface area contributed by atoms with Crippen LogP contribution in [0.3, 0.4) is 0 Å². The molecular weight excluding hydrogens is 164 g/mol. The molecular formula is C11H18O2. The van der Waals surface area contributed by atoms with Crippen LogP contribution in [0, 0.1) is 17.8 Å². The number of esters is 1. The van der Waals surface area contributed by atoms with Gasteiger partial charge in [-0.25, -0.2) is 0 Å². The van der Waals surface area contributed by atoms with Crippen LogP contribution in [0.1, 0.15) is 38.5 Å². The van der Waals surface area contributed by atoms with Gasteiger partial charge in [-0.05, 0) is 30.6 Å². The summed E-state index contributed by atoms with van der Waals surface area (Å²) in [5.41, 5.74) is 0. The second-order valence-electron chi connectivity index (χ2n) is 4.57. The van der Waals surface area contributed by atoms with Gasteiger partial charge in [0.15, 0.2) is 0 Å². The molecule has 13 heavy (non-hydrogen) atoms. The quantitative estimate of drug-likeness (QED) is 0.613. The minimum atomic E-state index is -0.0232. The summed E-state index contributed by atoms with van der Waals surface area (Å²) in [6.45, 7) is 0. The number of hydrogen-bond acceptors (Lipinski definition) is 2. The van der Waals surface area contributed by atoms with Gasteiger partial charge >= 0.3 is 5.97 Å². The molecule has 0 aromatic rings. The maximum atomic E-state index is 11.1. The van der Waals surface area contributed by atoms with Gasteiger partial charge in [0.1, 0.15) is 0 Å². The Morgan fingerprint density at radius 2 is 1.92 bits per heavy atom. The van der Waals surface area contributed by atoms with Crippen molar-refractivity contribution < 1.29 is 9.53 Å². The lowest BCUT2D eigenvalue weighted by Crippen LogP contribution is -2.07. The van der Waals surface area contributed by atoms with E-state index in [0.717, 1.165) is 11.8 Å². The predicted octanol–water partition coefficient (Wildman–Crippen LogP) is 2.38. The molecule has 0 radical (unpaired) electrons. The van der Waals surface area contributed by atoms with Crippen molar-refractivity contribution in [3.05, 3.63) is 0 Å². The fourth-order valence-electron chi connectivity index (χ4n) is 3.17. The van der Waals surface area contributed by atoms with Crippen LogP contribution >= 0.6 is 0 Å². The smallest absolute Gasteiger partial charge is 0.305 e. The van der Waals surface area contributed by atoms with E-state index in [1.54, 1.807) is 0 Å². The van der Waals surface area contributed by atoms with E-state index < -0.39 is 0 Å². The second kappa shape index (κ2) is 3.69. The molecule has 2 nitrogen and oxygen atoms in total. The Hall–Kier alpha value is -0.530. The number of methoxy groups -OCH3 is 1. The molecule has 74 valence electrons. The van der Waals surface area contributed by atoms with Crippen LogP contribution in [0.4, 0.5) is 0 Å². The van der Waals surface area contributed by atoms with Gasteiger partial charge < -0.3 is 4.74 Å². The first kappa shape index (κ1) is 9.04. The molecule has 2 rings (SSSR count). The molecule has 0 aromatic heterocycles. The summed E-state index contributed by atoms with van der Waals surface area (Å²) in [6, 6.07) is 0. The topological polar surface area (TPSA) is 26.3 Å². The van der Waals surface area contributed by atoms with Gasteiger partial charge in [-0.2, -0.15) is 0 Å². The summed E-state index contributed by atoms with van der Waals surface area (Å²) in [7, 11) is 1.48. The summed E-state index contributed by atoms with van der Waals surface area (Å²) >= 11 is 0. The zero-order valence-electron chi connectivity index (χ0n) is 8.29. The monoisotopic (exact) mass is 182 g/mol. The molecule has 0 N–H and O–H groups in total. The number of carbonyl (C=O) groups excluding carboxylic acids is 1.